The van der Waals surface area contributed by atoms with Crippen LogP contribution in [-0.2, 0) is 0 Å². The van der Waals surface area contributed by atoms with Crippen molar-refractivity contribution in [3.63, 3.8) is 0 Å². The lowest BCUT2D eigenvalue weighted by molar-refractivity contribution is 0.363. The molecule has 0 bridgehead atoms. The number of pyridine rings is 1. The van der Waals surface area contributed by atoms with Gasteiger partial charge in [-0.1, -0.05) is 42.6 Å². The second-order valence-electron chi connectivity index (χ2n) is 2.41. The lowest BCUT2D eigenvalue weighted by Gasteiger charge is -2.40. The van der Waals surface area contributed by atoms with Gasteiger partial charge in [-0.2, -0.15) is 0 Å². The van der Waals surface area contributed by atoms with Crippen LogP contribution in [0.5, 0.6) is 0 Å². The number of halogens is 7. The molecule has 0 aliphatic rings. The van der Waals surface area contributed by atoms with Crippen molar-refractivity contribution in [2.24, 2.45) is 0 Å². The van der Waals surface area contributed by atoms with E-state index in [1.165, 1.54) is 0 Å². The first kappa shape index (κ1) is 11.8. The van der Waals surface area contributed by atoms with Gasteiger partial charge < -0.3 is 0 Å². The fourth-order valence-electron chi connectivity index (χ4n) is 0.615. The molecule has 1 heterocycles. The third-order valence-corrected chi connectivity index (χ3v) is 3.02. The number of nitrogens with zero attached hydrogens (tertiary/aromatic N) is 1. The summed E-state index contributed by atoms with van der Waals surface area (Å²) in [5, 5.41) is -1.13. The van der Waals surface area contributed by atoms with Gasteiger partial charge in [-0.05, 0) is 6.07 Å². The molecule has 0 N–H and O–H groups in total. The summed E-state index contributed by atoms with van der Waals surface area (Å²) in [7, 11) is -9.69. The summed E-state index contributed by atoms with van der Waals surface area (Å²) in [4.78, 5) is 0.745. The van der Waals surface area contributed by atoms with Gasteiger partial charge in [-0.3, -0.25) is 0 Å². The average Bonchev–Trinajstić information content (AvgIpc) is 1.89. The van der Waals surface area contributed by atoms with E-state index in [2.05, 4.69) is 4.98 Å². The van der Waals surface area contributed by atoms with Crippen molar-refractivity contribution in [3.05, 3.63) is 22.4 Å². The van der Waals surface area contributed by atoms with Crippen LogP contribution in [0.3, 0.4) is 0 Å². The Kier molecular flexibility index (Phi) is 2.07. The molecule has 0 atom stereocenters. The third kappa shape index (κ3) is 2.61. The summed E-state index contributed by atoms with van der Waals surface area (Å²) in [6.45, 7) is 0. The topological polar surface area (TPSA) is 12.9 Å². The first-order valence-electron chi connectivity index (χ1n) is 2.95. The fraction of sp³-hybridized carbons (Fsp3) is 0. The molecule has 9 heteroatoms. The van der Waals surface area contributed by atoms with Crippen LogP contribution >= 0.6 is 33.4 Å². The molecule has 82 valence electrons. The molecule has 0 radical (unpaired) electrons. The molecule has 0 aliphatic carbocycles. The molecule has 1 aromatic rings. The zero-order valence-corrected chi connectivity index (χ0v) is 8.48. The van der Waals surface area contributed by atoms with E-state index in [4.69, 9.17) is 23.2 Å². The highest BCUT2D eigenvalue weighted by Gasteiger charge is 2.65. The Morgan fingerprint density at radius 2 is 1.57 bits per heavy atom. The molecule has 0 unspecified atom stereocenters. The Bertz CT molecular complexity index is 388. The second-order valence-corrected chi connectivity index (χ2v) is 5.59. The van der Waals surface area contributed by atoms with Crippen molar-refractivity contribution in [1.29, 1.82) is 0 Å². The third-order valence-electron chi connectivity index (χ3n) is 1.22. The highest BCUT2D eigenvalue weighted by Crippen LogP contribution is 3.02. The van der Waals surface area contributed by atoms with E-state index >= 15 is 0 Å². The molecule has 1 rings (SSSR count). The summed E-state index contributed by atoms with van der Waals surface area (Å²) in [6.07, 6.45) is -0.0459. The van der Waals surface area contributed by atoms with E-state index in [0.717, 1.165) is 0 Å². The lowest BCUT2D eigenvalue weighted by atomic mass is 10.5. The van der Waals surface area contributed by atoms with Crippen molar-refractivity contribution in [1.82, 2.24) is 4.98 Å². The van der Waals surface area contributed by atoms with Crippen LogP contribution in [0.1, 0.15) is 0 Å². The Hall–Kier alpha value is -0.270. The molecule has 1 nitrogen and oxygen atoms in total. The lowest BCUT2D eigenvalue weighted by Crippen LogP contribution is -2.06. The summed E-state index contributed by atoms with van der Waals surface area (Å²) < 4.78 is 60.6. The first-order valence-corrected chi connectivity index (χ1v) is 5.66. The maximum atomic E-state index is 12.1. The predicted octanol–water partition coefficient (Wildman–Crippen LogP) is 5.05. The molecular weight excluding hydrogens is 272 g/mol. The van der Waals surface area contributed by atoms with Crippen molar-refractivity contribution in [3.8, 4) is 0 Å². The summed E-state index contributed by atoms with van der Waals surface area (Å²) in [5.41, 5.74) is 0. The maximum absolute atomic E-state index is 12.1. The van der Waals surface area contributed by atoms with Crippen molar-refractivity contribution in [2.75, 3.05) is 0 Å². The quantitative estimate of drug-likeness (QED) is 0.516. The molecular formula is C5H2Cl2F5NS. The van der Waals surface area contributed by atoms with E-state index in [-0.39, 0.29) is 12.3 Å². The van der Waals surface area contributed by atoms with Gasteiger partial charge in [0, 0.05) is 0 Å². The summed E-state index contributed by atoms with van der Waals surface area (Å²) in [6, 6.07) is 0.0540. The number of rotatable bonds is 1. The normalized spacial score (nSPS) is 17.4. The Labute approximate surface area is 85.6 Å². The van der Waals surface area contributed by atoms with Gasteiger partial charge in [-0.25, -0.2) is 4.98 Å². The standard InChI is InChI=1S/C5H2Cl2F5NS/c6-4-1-3(2-13-5(4)7)14(8,9,10,11)12/h1-2H. The van der Waals surface area contributed by atoms with Gasteiger partial charge in [0.2, 0.25) is 0 Å². The van der Waals surface area contributed by atoms with E-state index < -0.39 is 25.3 Å². The fourth-order valence-corrected chi connectivity index (χ4v) is 1.54. The van der Waals surface area contributed by atoms with Crippen molar-refractivity contribution in [2.45, 2.75) is 4.90 Å². The second kappa shape index (κ2) is 2.45. The van der Waals surface area contributed by atoms with Gasteiger partial charge in [0.05, 0.1) is 11.2 Å². The van der Waals surface area contributed by atoms with E-state index in [0.29, 0.717) is 0 Å². The summed E-state index contributed by atoms with van der Waals surface area (Å²) >= 11 is 10.3. The Balaban J connectivity index is 3.45. The Morgan fingerprint density at radius 1 is 1.07 bits per heavy atom. The predicted molar refractivity (Wildman–Crippen MR) is 45.7 cm³/mol. The van der Waals surface area contributed by atoms with Crippen LogP contribution in [0.4, 0.5) is 19.4 Å². The summed E-state index contributed by atoms with van der Waals surface area (Å²) in [5.74, 6) is 0. The zero-order chi connectivity index (χ0) is 11.3. The molecule has 0 amide bonds. The molecule has 0 aromatic carbocycles. The van der Waals surface area contributed by atoms with Gasteiger partial charge >= 0.3 is 10.2 Å². The highest BCUT2D eigenvalue weighted by atomic mass is 35.5. The van der Waals surface area contributed by atoms with Gasteiger partial charge in [0.25, 0.3) is 0 Å². The van der Waals surface area contributed by atoms with Gasteiger partial charge in [0.1, 0.15) is 10.0 Å². The largest absolute Gasteiger partial charge is 0.311 e. The molecule has 1 aromatic heterocycles. The molecule has 0 saturated carbocycles. The molecule has 0 aliphatic heterocycles. The van der Waals surface area contributed by atoms with Crippen LogP contribution in [-0.4, -0.2) is 4.98 Å². The number of aromatic nitrogens is 1. The number of hydrogen-bond acceptors (Lipinski definition) is 1. The van der Waals surface area contributed by atoms with E-state index in [9.17, 15) is 19.4 Å². The van der Waals surface area contributed by atoms with E-state index in [1.807, 2.05) is 0 Å². The minimum Gasteiger partial charge on any atom is -0.241 e. The van der Waals surface area contributed by atoms with Crippen LogP contribution < -0.4 is 0 Å². The van der Waals surface area contributed by atoms with Gasteiger partial charge in [-0.15, -0.1) is 0 Å². The van der Waals surface area contributed by atoms with Crippen molar-refractivity contribution >= 4 is 33.4 Å². The van der Waals surface area contributed by atoms with Crippen LogP contribution in [0.15, 0.2) is 17.2 Å². The number of hydrogen-bond donors (Lipinski definition) is 0. The average molecular weight is 274 g/mol. The monoisotopic (exact) mass is 273 g/mol. The zero-order valence-electron chi connectivity index (χ0n) is 6.16. The molecule has 14 heavy (non-hydrogen) atoms. The maximum Gasteiger partial charge on any atom is 0.311 e. The molecule has 0 spiro atoms. The van der Waals surface area contributed by atoms with Crippen LogP contribution in [0.2, 0.25) is 10.2 Å². The van der Waals surface area contributed by atoms with Crippen molar-refractivity contribution < 1.29 is 19.4 Å². The Morgan fingerprint density at radius 3 is 1.93 bits per heavy atom. The smallest absolute Gasteiger partial charge is 0.241 e. The minimum atomic E-state index is -9.69. The van der Waals surface area contributed by atoms with Crippen LogP contribution in [0.25, 0.3) is 0 Å². The first-order chi connectivity index (χ1) is 5.90. The highest BCUT2D eigenvalue weighted by molar-refractivity contribution is 8.45. The molecule has 0 fully saturated rings. The van der Waals surface area contributed by atoms with Gasteiger partial charge in [0.15, 0.2) is 0 Å². The van der Waals surface area contributed by atoms with Crippen LogP contribution in [0, 0.1) is 0 Å². The molecule has 0 saturated heterocycles. The van der Waals surface area contributed by atoms with E-state index in [1.54, 1.807) is 0 Å². The SMILES string of the molecule is FS(F)(F)(F)(F)c1cnc(Cl)c(Cl)c1. The minimum absolute atomic E-state index is 0.0459.